The van der Waals surface area contributed by atoms with Crippen LogP contribution in [-0.2, 0) is 6.18 Å². The summed E-state index contributed by atoms with van der Waals surface area (Å²) in [6.45, 7) is -0.218. The molecule has 462 valence electrons. The Kier molecular flexibility index (Phi) is 14.0. The van der Waals surface area contributed by atoms with Gasteiger partial charge < -0.3 is 14.4 Å². The molecule has 9 heteroatoms. The normalized spacial score (nSPS) is 12.4. The zero-order chi connectivity index (χ0) is 65.4. The number of hydrogen-bond donors (Lipinski definition) is 0. The molecule has 0 saturated carbocycles. The van der Waals surface area contributed by atoms with Crippen molar-refractivity contribution in [3.63, 3.8) is 0 Å². The van der Waals surface area contributed by atoms with Crippen LogP contribution in [0.1, 0.15) is 5.56 Å². The van der Waals surface area contributed by atoms with E-state index in [1.54, 1.807) is 6.07 Å². The molecule has 2 aliphatic heterocycles. The molecule has 0 saturated heterocycles. The Morgan fingerprint density at radius 3 is 1.12 bits per heavy atom. The van der Waals surface area contributed by atoms with Gasteiger partial charge in [-0.3, -0.25) is 0 Å². The number of fused-ring (bicyclic) bond motifs is 7. The van der Waals surface area contributed by atoms with Gasteiger partial charge in [-0.2, -0.15) is 13.2 Å². The number of nitrogens with zero attached hydrogens (tertiary/aromatic N) is 5. The Labute approximate surface area is 566 Å². The number of hydrogen-bond acceptors (Lipinski definition) is 4. The minimum atomic E-state index is -4.77. The molecule has 0 atom stereocenters. The molecule has 5 nitrogen and oxygen atoms in total. The smallest absolute Gasteiger partial charge is 0.311 e. The molecule has 0 fully saturated rings. The molecule has 16 aromatic rings. The minimum Gasteiger partial charge on any atom is -0.311 e. The number of alkyl halides is 3. The van der Waals surface area contributed by atoms with Crippen LogP contribution in [0.5, 0.6) is 0 Å². The second-order valence-electron chi connectivity index (χ2n) is 25.1. The predicted molar refractivity (Wildman–Crippen MR) is 399 cm³/mol. The molecular weight excluding hydrogens is 1210 g/mol. The van der Waals surface area contributed by atoms with Gasteiger partial charge in [0.1, 0.15) is 0 Å². The van der Waals surface area contributed by atoms with Gasteiger partial charge in [-0.05, 0) is 163 Å². The maximum atomic E-state index is 16.0. The van der Waals surface area contributed by atoms with Crippen LogP contribution in [0.4, 0.5) is 47.3 Å². The van der Waals surface area contributed by atoms with E-state index in [1.807, 2.05) is 102 Å². The second-order valence-corrected chi connectivity index (χ2v) is 25.1. The largest absolute Gasteiger partial charge is 0.417 e. The molecule has 98 heavy (non-hydrogen) atoms. The monoisotopic (exact) mass is 1260 g/mol. The van der Waals surface area contributed by atoms with Gasteiger partial charge in [0.05, 0.1) is 28.0 Å². The van der Waals surface area contributed by atoms with E-state index in [0.717, 1.165) is 123 Å². The summed E-state index contributed by atoms with van der Waals surface area (Å²) in [5.74, 6) is -0.0160. The van der Waals surface area contributed by atoms with Gasteiger partial charge in [0.2, 0.25) is 0 Å². The third-order valence-corrected chi connectivity index (χ3v) is 19.4. The van der Waals surface area contributed by atoms with Crippen molar-refractivity contribution >= 4 is 79.0 Å². The Balaban J connectivity index is 0.855. The molecule has 0 unspecified atom stereocenters. The van der Waals surface area contributed by atoms with Crippen molar-refractivity contribution in [2.75, 3.05) is 9.80 Å². The van der Waals surface area contributed by atoms with Gasteiger partial charge in [0.25, 0.3) is 6.71 Å². The third-order valence-electron chi connectivity index (χ3n) is 19.4. The first-order chi connectivity index (χ1) is 48.2. The Morgan fingerprint density at radius 1 is 0.276 bits per heavy atom. The molecule has 0 spiro atoms. The molecule has 0 amide bonds. The first-order valence-corrected chi connectivity index (χ1v) is 33.0. The Hall–Kier alpha value is -12.6. The predicted octanol–water partition coefficient (Wildman–Crippen LogP) is 22.0. The summed E-state index contributed by atoms with van der Waals surface area (Å²) in [6, 6.07) is 119. The van der Waals surface area contributed by atoms with Gasteiger partial charge >= 0.3 is 6.18 Å². The third kappa shape index (κ3) is 10.1. The second kappa shape index (κ2) is 23.7. The zero-order valence-electron chi connectivity index (χ0n) is 52.9. The summed E-state index contributed by atoms with van der Waals surface area (Å²) in [5.41, 5.74) is 24.2. The van der Waals surface area contributed by atoms with E-state index in [1.165, 1.54) is 28.5 Å². The van der Waals surface area contributed by atoms with Crippen molar-refractivity contribution in [2.24, 2.45) is 0 Å². The van der Waals surface area contributed by atoms with E-state index in [2.05, 4.69) is 240 Å². The summed E-state index contributed by atoms with van der Waals surface area (Å²) >= 11 is 0. The maximum Gasteiger partial charge on any atom is 0.417 e. The number of benzene rings is 14. The standard InChI is InChI=1S/C89H57BF3N5/c91-89(92,93)76-56-72(46-47-74(76)88-94-79(64-29-15-5-16-30-64)57-80(95-88)65-31-17-6-18-32-65)98-81-34-20-19-33-73(81)75-51-66(39-48-82(75)98)69-54-85-87-86(55-69)97(71-44-37-63(38-45-71)59-23-9-2-10-24-59)84-50-41-68(61-27-13-4-14-28-61)53-78(84)90(87)77-52-67(60-25-11-3-12-26-60)40-49-83(77)96(85)70-42-35-62(36-43-70)58-21-7-1-8-22-58/h1-57H. The van der Waals surface area contributed by atoms with Crippen molar-refractivity contribution in [1.29, 1.82) is 0 Å². The van der Waals surface area contributed by atoms with Crippen molar-refractivity contribution < 1.29 is 13.2 Å². The highest BCUT2D eigenvalue weighted by atomic mass is 19.4. The van der Waals surface area contributed by atoms with E-state index in [4.69, 9.17) is 9.97 Å². The summed E-state index contributed by atoms with van der Waals surface area (Å²) < 4.78 is 49.9. The lowest BCUT2D eigenvalue weighted by Crippen LogP contribution is -2.61. The highest BCUT2D eigenvalue weighted by Crippen LogP contribution is 2.49. The SMILES string of the molecule is FC(F)(F)c1cc(-n2c3ccccc3c3cc(-c4cc5c6c(c4)N(c4ccc(-c7ccccc7)cc4)c4ccc(-c7ccccc7)cc4B6c4cc(-c6ccccc6)ccc4N5c4ccc(-c5ccccc5)cc4)ccc32)ccc1-c1nc(-c2ccccc2)cc(-c2ccccc2)n1. The number of anilines is 6. The van der Waals surface area contributed by atoms with E-state index < -0.39 is 11.7 Å². The molecule has 0 N–H and O–H groups in total. The van der Waals surface area contributed by atoms with Gasteiger partial charge in [0.15, 0.2) is 5.82 Å². The van der Waals surface area contributed by atoms with Gasteiger partial charge in [-0.1, -0.05) is 255 Å². The molecule has 0 bridgehead atoms. The van der Waals surface area contributed by atoms with Gasteiger partial charge in [0, 0.05) is 67.3 Å². The lowest BCUT2D eigenvalue weighted by molar-refractivity contribution is -0.137. The summed E-state index contributed by atoms with van der Waals surface area (Å²) in [4.78, 5) is 14.6. The summed E-state index contributed by atoms with van der Waals surface area (Å²) in [7, 11) is 0. The van der Waals surface area contributed by atoms with E-state index in [-0.39, 0.29) is 18.1 Å². The van der Waals surface area contributed by atoms with Gasteiger partial charge in [-0.25, -0.2) is 9.97 Å². The van der Waals surface area contributed by atoms with Crippen LogP contribution >= 0.6 is 0 Å². The van der Waals surface area contributed by atoms with E-state index in [9.17, 15) is 0 Å². The van der Waals surface area contributed by atoms with Crippen molar-refractivity contribution in [2.45, 2.75) is 6.18 Å². The zero-order valence-corrected chi connectivity index (χ0v) is 52.9. The van der Waals surface area contributed by atoms with Crippen LogP contribution < -0.4 is 26.2 Å². The molecule has 14 aromatic carbocycles. The maximum absolute atomic E-state index is 16.0. The van der Waals surface area contributed by atoms with Crippen LogP contribution in [0, 0.1) is 0 Å². The van der Waals surface area contributed by atoms with Crippen LogP contribution in [0.3, 0.4) is 0 Å². The summed E-state index contributed by atoms with van der Waals surface area (Å²) in [5, 5.41) is 1.80. The highest BCUT2D eigenvalue weighted by Gasteiger charge is 2.44. The van der Waals surface area contributed by atoms with Crippen molar-refractivity contribution in [1.82, 2.24) is 14.5 Å². The number of aromatic nitrogens is 3. The van der Waals surface area contributed by atoms with Crippen LogP contribution in [0.2, 0.25) is 0 Å². The molecule has 2 aliphatic rings. The molecule has 0 aliphatic carbocycles. The average Bonchev–Trinajstić information content (AvgIpc) is 0.817. The van der Waals surface area contributed by atoms with E-state index in [0.29, 0.717) is 17.1 Å². The minimum absolute atomic E-state index is 0.0160. The fourth-order valence-corrected chi connectivity index (χ4v) is 14.8. The fraction of sp³-hybridized carbons (Fsp3) is 0.0112. The number of halogens is 3. The fourth-order valence-electron chi connectivity index (χ4n) is 14.8. The van der Waals surface area contributed by atoms with Crippen molar-refractivity contribution in [3.8, 4) is 95.2 Å². The van der Waals surface area contributed by atoms with E-state index >= 15 is 13.2 Å². The topological polar surface area (TPSA) is 37.2 Å². The molecular formula is C89H57BF3N5. The Bertz CT molecular complexity index is 5460. The van der Waals surface area contributed by atoms with Gasteiger partial charge in [-0.15, -0.1) is 0 Å². The average molecular weight is 1260 g/mol. The molecule has 4 heterocycles. The first-order valence-electron chi connectivity index (χ1n) is 33.0. The molecule has 0 radical (unpaired) electrons. The Morgan fingerprint density at radius 2 is 0.653 bits per heavy atom. The lowest BCUT2D eigenvalue weighted by atomic mass is 9.33. The van der Waals surface area contributed by atoms with Crippen LogP contribution in [-0.4, -0.2) is 21.2 Å². The molecule has 2 aromatic heterocycles. The summed E-state index contributed by atoms with van der Waals surface area (Å²) in [6.07, 6.45) is -4.77. The van der Waals surface area contributed by atoms with Crippen LogP contribution in [0.15, 0.2) is 346 Å². The molecule has 18 rings (SSSR count). The highest BCUT2D eigenvalue weighted by molar-refractivity contribution is 7.00. The number of para-hydroxylation sites is 1. The first kappa shape index (κ1) is 58.0. The lowest BCUT2D eigenvalue weighted by Gasteiger charge is -2.44. The van der Waals surface area contributed by atoms with Crippen molar-refractivity contribution in [3.05, 3.63) is 351 Å². The number of rotatable bonds is 11. The quantitative estimate of drug-likeness (QED) is 0.121. The van der Waals surface area contributed by atoms with Crippen LogP contribution in [0.25, 0.3) is 117 Å².